The quantitative estimate of drug-likeness (QED) is 0.477. The highest BCUT2D eigenvalue weighted by Gasteiger charge is 2.19. The van der Waals surface area contributed by atoms with Crippen LogP contribution in [0, 0.1) is 20.8 Å². The minimum atomic E-state index is -3.77. The van der Waals surface area contributed by atoms with Gasteiger partial charge >= 0.3 is 0 Å². The van der Waals surface area contributed by atoms with Crippen LogP contribution in [-0.2, 0) is 14.8 Å². The van der Waals surface area contributed by atoms with E-state index in [2.05, 4.69) is 10.0 Å². The molecule has 0 aliphatic rings. The number of halogens is 1. The van der Waals surface area contributed by atoms with Crippen LogP contribution in [0.25, 0.3) is 0 Å². The molecule has 1 atom stereocenters. The maximum Gasteiger partial charge on any atom is 0.265 e. The number of hydrogen-bond donors (Lipinski definition) is 2. The van der Waals surface area contributed by atoms with E-state index in [0.717, 1.165) is 16.7 Å². The molecule has 0 aliphatic heterocycles. The maximum atomic E-state index is 12.8. The second-order valence-electron chi connectivity index (χ2n) is 7.58. The van der Waals surface area contributed by atoms with Gasteiger partial charge in [-0.25, -0.2) is 8.42 Å². The van der Waals surface area contributed by atoms with Crippen LogP contribution >= 0.6 is 11.6 Å². The zero-order valence-electron chi connectivity index (χ0n) is 18.3. The largest absolute Gasteiger partial charge is 0.479 e. The molecule has 3 rings (SSSR count). The zero-order valence-corrected chi connectivity index (χ0v) is 19.8. The van der Waals surface area contributed by atoms with Gasteiger partial charge < -0.3 is 10.1 Å². The van der Waals surface area contributed by atoms with Crippen molar-refractivity contribution >= 4 is 38.9 Å². The molecule has 0 aromatic heterocycles. The molecule has 8 heteroatoms. The summed E-state index contributed by atoms with van der Waals surface area (Å²) in [5, 5.41) is 3.14. The highest BCUT2D eigenvalue weighted by atomic mass is 35.5. The third-order valence-electron chi connectivity index (χ3n) is 4.91. The summed E-state index contributed by atoms with van der Waals surface area (Å²) < 4.78 is 33.9. The molecule has 1 unspecified atom stereocenters. The van der Waals surface area contributed by atoms with E-state index in [1.54, 1.807) is 19.1 Å². The molecule has 0 radical (unpaired) electrons. The first-order valence-corrected chi connectivity index (χ1v) is 11.9. The predicted molar refractivity (Wildman–Crippen MR) is 128 cm³/mol. The highest BCUT2D eigenvalue weighted by molar-refractivity contribution is 7.92. The number of sulfonamides is 1. The first-order chi connectivity index (χ1) is 15.1. The van der Waals surface area contributed by atoms with E-state index in [1.807, 2.05) is 45.0 Å². The molecule has 0 heterocycles. The van der Waals surface area contributed by atoms with Crippen LogP contribution in [0.2, 0.25) is 5.02 Å². The summed E-state index contributed by atoms with van der Waals surface area (Å²) in [5.74, 6) is 0.0418. The summed E-state index contributed by atoms with van der Waals surface area (Å²) in [4.78, 5) is 12.6. The lowest BCUT2D eigenvalue weighted by molar-refractivity contribution is -0.122. The van der Waals surface area contributed by atoms with Crippen LogP contribution in [0.1, 0.15) is 23.6 Å². The van der Waals surface area contributed by atoms with Crippen molar-refractivity contribution in [1.82, 2.24) is 0 Å². The van der Waals surface area contributed by atoms with Crippen molar-refractivity contribution < 1.29 is 17.9 Å². The first kappa shape index (κ1) is 23.6. The fourth-order valence-electron chi connectivity index (χ4n) is 3.07. The minimum Gasteiger partial charge on any atom is -0.479 e. The monoisotopic (exact) mass is 472 g/mol. The fraction of sp³-hybridized carbons (Fsp3) is 0.208. The standard InChI is InChI=1S/C24H25ClN2O4S/c1-15-8-13-21(25)22(14-15)31-18(4)24(28)26-19-9-11-20(12-10-19)32(29,30)27-23-16(2)6-5-7-17(23)3/h5-14,18,27H,1-4H3,(H,26,28). The van der Waals surface area contributed by atoms with E-state index in [4.69, 9.17) is 16.3 Å². The number of nitrogens with one attached hydrogen (secondary N) is 2. The molecule has 0 bridgehead atoms. The number of carbonyl (C=O) groups is 1. The molecular weight excluding hydrogens is 448 g/mol. The van der Waals surface area contributed by atoms with Crippen molar-refractivity contribution in [2.75, 3.05) is 10.0 Å². The van der Waals surface area contributed by atoms with Crippen LogP contribution in [0.15, 0.2) is 65.6 Å². The Morgan fingerprint density at radius 1 is 0.969 bits per heavy atom. The fourth-order valence-corrected chi connectivity index (χ4v) is 4.44. The number of rotatable bonds is 7. The van der Waals surface area contributed by atoms with Gasteiger partial charge in [0.25, 0.3) is 15.9 Å². The first-order valence-electron chi connectivity index (χ1n) is 9.99. The molecule has 3 aromatic carbocycles. The minimum absolute atomic E-state index is 0.0917. The van der Waals surface area contributed by atoms with Gasteiger partial charge in [0.2, 0.25) is 0 Å². The summed E-state index contributed by atoms with van der Waals surface area (Å²) >= 11 is 6.12. The van der Waals surface area contributed by atoms with Crippen molar-refractivity contribution in [3.63, 3.8) is 0 Å². The number of benzene rings is 3. The molecule has 0 aliphatic carbocycles. The number of carbonyl (C=O) groups excluding carboxylic acids is 1. The SMILES string of the molecule is Cc1ccc(Cl)c(OC(C)C(=O)Nc2ccc(S(=O)(=O)Nc3c(C)cccc3C)cc2)c1. The molecule has 3 aromatic rings. The normalized spacial score (nSPS) is 12.2. The number of ether oxygens (including phenoxy) is 1. The maximum absolute atomic E-state index is 12.8. The molecule has 168 valence electrons. The Morgan fingerprint density at radius 3 is 2.22 bits per heavy atom. The van der Waals surface area contributed by atoms with Gasteiger partial charge in [-0.05, 0) is 80.8 Å². The van der Waals surface area contributed by atoms with Gasteiger partial charge in [-0.3, -0.25) is 9.52 Å². The van der Waals surface area contributed by atoms with E-state index < -0.39 is 16.1 Å². The average Bonchev–Trinajstić information content (AvgIpc) is 2.74. The van der Waals surface area contributed by atoms with Crippen LogP contribution in [0.3, 0.4) is 0 Å². The lowest BCUT2D eigenvalue weighted by Crippen LogP contribution is -2.30. The van der Waals surface area contributed by atoms with Gasteiger partial charge in [0, 0.05) is 5.69 Å². The lowest BCUT2D eigenvalue weighted by Gasteiger charge is -2.16. The Labute approximate surface area is 193 Å². The number of para-hydroxylation sites is 1. The van der Waals surface area contributed by atoms with Gasteiger partial charge in [-0.15, -0.1) is 0 Å². The number of anilines is 2. The van der Waals surface area contributed by atoms with Gasteiger partial charge in [-0.2, -0.15) is 0 Å². The Bertz CT molecular complexity index is 1220. The Morgan fingerprint density at radius 2 is 1.59 bits per heavy atom. The summed E-state index contributed by atoms with van der Waals surface area (Å²) in [6.45, 7) is 7.20. The second-order valence-corrected chi connectivity index (χ2v) is 9.67. The van der Waals surface area contributed by atoms with E-state index in [1.165, 1.54) is 24.3 Å². The molecule has 0 fully saturated rings. The van der Waals surface area contributed by atoms with Crippen LogP contribution in [-0.4, -0.2) is 20.4 Å². The summed E-state index contributed by atoms with van der Waals surface area (Å²) in [6.07, 6.45) is -0.802. The van der Waals surface area contributed by atoms with Crippen LogP contribution in [0.5, 0.6) is 5.75 Å². The Hall–Kier alpha value is -3.03. The van der Waals surface area contributed by atoms with Gasteiger partial charge in [0.1, 0.15) is 5.75 Å². The third kappa shape index (κ3) is 5.60. The van der Waals surface area contributed by atoms with E-state index in [0.29, 0.717) is 22.1 Å². The van der Waals surface area contributed by atoms with Gasteiger partial charge in [0.05, 0.1) is 15.6 Å². The summed E-state index contributed by atoms with van der Waals surface area (Å²) in [5.41, 5.74) is 3.64. The summed E-state index contributed by atoms with van der Waals surface area (Å²) in [6, 6.07) is 16.8. The topological polar surface area (TPSA) is 84.5 Å². The molecule has 0 spiro atoms. The lowest BCUT2D eigenvalue weighted by atomic mass is 10.1. The van der Waals surface area contributed by atoms with Gasteiger partial charge in [-0.1, -0.05) is 35.9 Å². The average molecular weight is 473 g/mol. The number of hydrogen-bond acceptors (Lipinski definition) is 4. The molecule has 0 saturated heterocycles. The molecular formula is C24H25ClN2O4S. The van der Waals surface area contributed by atoms with Crippen molar-refractivity contribution in [1.29, 1.82) is 0 Å². The van der Waals surface area contributed by atoms with Crippen molar-refractivity contribution in [2.45, 2.75) is 38.7 Å². The third-order valence-corrected chi connectivity index (χ3v) is 6.59. The van der Waals surface area contributed by atoms with E-state index in [9.17, 15) is 13.2 Å². The van der Waals surface area contributed by atoms with Crippen molar-refractivity contribution in [3.8, 4) is 5.75 Å². The van der Waals surface area contributed by atoms with Crippen LogP contribution < -0.4 is 14.8 Å². The zero-order chi connectivity index (χ0) is 23.5. The van der Waals surface area contributed by atoms with Crippen LogP contribution in [0.4, 0.5) is 11.4 Å². The van der Waals surface area contributed by atoms with E-state index in [-0.39, 0.29) is 10.8 Å². The molecule has 32 heavy (non-hydrogen) atoms. The summed E-state index contributed by atoms with van der Waals surface area (Å²) in [7, 11) is -3.77. The van der Waals surface area contributed by atoms with E-state index >= 15 is 0 Å². The smallest absolute Gasteiger partial charge is 0.265 e. The highest BCUT2D eigenvalue weighted by Crippen LogP contribution is 2.27. The van der Waals surface area contributed by atoms with Gasteiger partial charge in [0.15, 0.2) is 6.10 Å². The Balaban J connectivity index is 1.68. The molecule has 2 N–H and O–H groups in total. The predicted octanol–water partition coefficient (Wildman–Crippen LogP) is 5.47. The number of amides is 1. The molecule has 1 amide bonds. The van der Waals surface area contributed by atoms with Crippen molar-refractivity contribution in [3.05, 3.63) is 82.4 Å². The second kappa shape index (κ2) is 9.63. The number of aryl methyl sites for hydroxylation is 3. The molecule has 6 nitrogen and oxygen atoms in total. The molecule has 0 saturated carbocycles. The Kier molecular flexibility index (Phi) is 7.11. The van der Waals surface area contributed by atoms with Crippen molar-refractivity contribution in [2.24, 2.45) is 0 Å².